The van der Waals surface area contributed by atoms with Crippen molar-refractivity contribution in [3.63, 3.8) is 0 Å². The molecule has 1 unspecified atom stereocenters. The maximum Gasteiger partial charge on any atom is 0.246 e. The third kappa shape index (κ3) is 4.43. The number of hydrogen-bond acceptors (Lipinski definition) is 4. The van der Waals surface area contributed by atoms with Crippen LogP contribution in [-0.2, 0) is 14.8 Å². The van der Waals surface area contributed by atoms with Crippen LogP contribution in [0.3, 0.4) is 0 Å². The zero-order chi connectivity index (χ0) is 19.4. The Morgan fingerprint density at radius 3 is 2.67 bits per heavy atom. The zero-order valence-corrected chi connectivity index (χ0v) is 16.5. The molecule has 1 fully saturated rings. The van der Waals surface area contributed by atoms with Gasteiger partial charge in [-0.1, -0.05) is 29.8 Å². The molecular formula is C19H21ClN2O4S. The Morgan fingerprint density at radius 1 is 1.22 bits per heavy atom. The third-order valence-corrected chi connectivity index (χ3v) is 6.66. The minimum absolute atomic E-state index is 0.0154. The molecule has 0 aromatic heterocycles. The maximum absolute atomic E-state index is 13.1. The first kappa shape index (κ1) is 19.7. The summed E-state index contributed by atoms with van der Waals surface area (Å²) in [6.45, 7) is 0.476. The number of nitrogens with zero attached hydrogens (tertiary/aromatic N) is 1. The van der Waals surface area contributed by atoms with E-state index in [9.17, 15) is 13.2 Å². The van der Waals surface area contributed by atoms with Gasteiger partial charge in [0.25, 0.3) is 0 Å². The highest BCUT2D eigenvalue weighted by atomic mass is 35.5. The van der Waals surface area contributed by atoms with Gasteiger partial charge in [-0.15, -0.1) is 0 Å². The molecule has 2 aromatic carbocycles. The Hall–Kier alpha value is -2.09. The van der Waals surface area contributed by atoms with Crippen molar-refractivity contribution in [3.05, 3.63) is 53.6 Å². The summed E-state index contributed by atoms with van der Waals surface area (Å²) in [5, 5.41) is 3.16. The molecule has 1 heterocycles. The SMILES string of the molecule is COc1ccc(Cl)cc1S(=O)(=O)N1CCCC(C(=O)Nc2ccccc2)C1. The normalized spacial score (nSPS) is 18.1. The molecule has 0 bridgehead atoms. The van der Waals surface area contributed by atoms with Crippen molar-refractivity contribution in [3.8, 4) is 5.75 Å². The van der Waals surface area contributed by atoms with Gasteiger partial charge in [-0.25, -0.2) is 8.42 Å². The Labute approximate surface area is 164 Å². The highest BCUT2D eigenvalue weighted by Gasteiger charge is 2.35. The van der Waals surface area contributed by atoms with Gasteiger partial charge in [0, 0.05) is 23.8 Å². The first-order valence-corrected chi connectivity index (χ1v) is 10.4. The lowest BCUT2D eigenvalue weighted by Crippen LogP contribution is -2.43. The van der Waals surface area contributed by atoms with Gasteiger partial charge >= 0.3 is 0 Å². The van der Waals surface area contributed by atoms with E-state index in [0.717, 1.165) is 0 Å². The summed E-state index contributed by atoms with van der Waals surface area (Å²) in [6.07, 6.45) is 1.24. The fraction of sp³-hybridized carbons (Fsp3) is 0.316. The van der Waals surface area contributed by atoms with Crippen LogP contribution in [0.1, 0.15) is 12.8 Å². The number of carbonyl (C=O) groups excluding carboxylic acids is 1. The number of carbonyl (C=O) groups is 1. The molecule has 1 N–H and O–H groups in total. The van der Waals surface area contributed by atoms with E-state index in [-0.39, 0.29) is 23.1 Å². The van der Waals surface area contributed by atoms with E-state index in [0.29, 0.717) is 30.1 Å². The standard InChI is InChI=1S/C19H21ClN2O4S/c1-26-17-10-9-15(20)12-18(17)27(24,25)22-11-5-6-14(13-22)19(23)21-16-7-3-2-4-8-16/h2-4,7-10,12,14H,5-6,11,13H2,1H3,(H,21,23). The number of para-hydroxylation sites is 1. The van der Waals surface area contributed by atoms with E-state index in [1.165, 1.54) is 23.5 Å². The lowest BCUT2D eigenvalue weighted by Gasteiger charge is -2.31. The van der Waals surface area contributed by atoms with Crippen molar-refractivity contribution in [1.82, 2.24) is 4.31 Å². The van der Waals surface area contributed by atoms with Crippen molar-refractivity contribution < 1.29 is 17.9 Å². The molecule has 1 atom stereocenters. The number of rotatable bonds is 5. The number of hydrogen-bond donors (Lipinski definition) is 1. The quantitative estimate of drug-likeness (QED) is 0.822. The van der Waals surface area contributed by atoms with Crippen LogP contribution >= 0.6 is 11.6 Å². The van der Waals surface area contributed by atoms with Crippen LogP contribution in [-0.4, -0.2) is 38.8 Å². The molecule has 1 aliphatic heterocycles. The Kier molecular flexibility index (Phi) is 6.04. The van der Waals surface area contributed by atoms with Crippen molar-refractivity contribution >= 4 is 33.2 Å². The van der Waals surface area contributed by atoms with Crippen LogP contribution in [0.15, 0.2) is 53.4 Å². The molecule has 0 saturated carbocycles. The Balaban J connectivity index is 1.79. The topological polar surface area (TPSA) is 75.7 Å². The lowest BCUT2D eigenvalue weighted by molar-refractivity contribution is -0.120. The second-order valence-corrected chi connectivity index (χ2v) is 8.70. The molecule has 1 aliphatic rings. The molecule has 0 aliphatic carbocycles. The van der Waals surface area contributed by atoms with Crippen LogP contribution in [0, 0.1) is 5.92 Å². The number of halogens is 1. The predicted molar refractivity (Wildman–Crippen MR) is 105 cm³/mol. The van der Waals surface area contributed by atoms with Crippen LogP contribution in [0.4, 0.5) is 5.69 Å². The Bertz CT molecular complexity index is 919. The molecule has 27 heavy (non-hydrogen) atoms. The molecule has 8 heteroatoms. The van der Waals surface area contributed by atoms with Gasteiger partial charge in [0.15, 0.2) is 0 Å². The fourth-order valence-corrected chi connectivity index (χ4v) is 5.07. The zero-order valence-electron chi connectivity index (χ0n) is 14.9. The molecule has 6 nitrogen and oxygen atoms in total. The number of ether oxygens (including phenoxy) is 1. The van der Waals surface area contributed by atoms with Crippen molar-refractivity contribution in [1.29, 1.82) is 0 Å². The summed E-state index contributed by atoms with van der Waals surface area (Å²) in [5.74, 6) is -0.367. The molecule has 0 radical (unpaired) electrons. The third-order valence-electron chi connectivity index (χ3n) is 4.54. The first-order chi connectivity index (χ1) is 12.9. The summed E-state index contributed by atoms with van der Waals surface area (Å²) in [5.41, 5.74) is 0.694. The smallest absolute Gasteiger partial charge is 0.246 e. The van der Waals surface area contributed by atoms with Crippen LogP contribution in [0.2, 0.25) is 5.02 Å². The van der Waals surface area contributed by atoms with E-state index in [1.807, 2.05) is 18.2 Å². The second-order valence-electron chi connectivity index (χ2n) is 6.35. The molecule has 1 amide bonds. The van der Waals surface area contributed by atoms with E-state index in [1.54, 1.807) is 18.2 Å². The predicted octanol–water partition coefficient (Wildman–Crippen LogP) is 3.39. The van der Waals surface area contributed by atoms with Crippen LogP contribution in [0.5, 0.6) is 5.75 Å². The lowest BCUT2D eigenvalue weighted by atomic mass is 9.99. The molecule has 144 valence electrons. The molecular weight excluding hydrogens is 388 g/mol. The minimum atomic E-state index is -3.82. The average molecular weight is 409 g/mol. The number of sulfonamides is 1. The van der Waals surface area contributed by atoms with Crippen molar-refractivity contribution in [2.24, 2.45) is 5.92 Å². The highest BCUT2D eigenvalue weighted by Crippen LogP contribution is 2.32. The van der Waals surface area contributed by atoms with Crippen LogP contribution < -0.4 is 10.1 Å². The Morgan fingerprint density at radius 2 is 1.96 bits per heavy atom. The van der Waals surface area contributed by atoms with Gasteiger partial charge in [0.1, 0.15) is 10.6 Å². The molecule has 0 spiro atoms. The van der Waals surface area contributed by atoms with Crippen molar-refractivity contribution in [2.75, 3.05) is 25.5 Å². The molecule has 3 rings (SSSR count). The van der Waals surface area contributed by atoms with E-state index in [4.69, 9.17) is 16.3 Å². The summed E-state index contributed by atoms with van der Waals surface area (Å²) in [6, 6.07) is 13.6. The number of anilines is 1. The average Bonchev–Trinajstić information content (AvgIpc) is 2.69. The van der Waals surface area contributed by atoms with E-state index >= 15 is 0 Å². The minimum Gasteiger partial charge on any atom is -0.495 e. The van der Waals surface area contributed by atoms with Gasteiger partial charge in [-0.2, -0.15) is 4.31 Å². The summed E-state index contributed by atoms with van der Waals surface area (Å²) >= 11 is 5.99. The van der Waals surface area contributed by atoms with Crippen LogP contribution in [0.25, 0.3) is 0 Å². The number of nitrogens with one attached hydrogen (secondary N) is 1. The van der Waals surface area contributed by atoms with Gasteiger partial charge in [-0.3, -0.25) is 4.79 Å². The maximum atomic E-state index is 13.1. The van der Waals surface area contributed by atoms with Gasteiger partial charge < -0.3 is 10.1 Å². The largest absolute Gasteiger partial charge is 0.495 e. The van der Waals surface area contributed by atoms with Gasteiger partial charge in [0.2, 0.25) is 15.9 Å². The number of amides is 1. The second kappa shape index (κ2) is 8.29. The van der Waals surface area contributed by atoms with Gasteiger partial charge in [0.05, 0.1) is 13.0 Å². The molecule has 1 saturated heterocycles. The molecule has 2 aromatic rings. The highest BCUT2D eigenvalue weighted by molar-refractivity contribution is 7.89. The van der Waals surface area contributed by atoms with E-state index < -0.39 is 15.9 Å². The summed E-state index contributed by atoms with van der Waals surface area (Å²) < 4.78 is 32.7. The fourth-order valence-electron chi connectivity index (χ4n) is 3.13. The van der Waals surface area contributed by atoms with Crippen molar-refractivity contribution in [2.45, 2.75) is 17.7 Å². The number of benzene rings is 2. The number of piperidine rings is 1. The first-order valence-electron chi connectivity index (χ1n) is 8.61. The van der Waals surface area contributed by atoms with Gasteiger partial charge in [-0.05, 0) is 43.2 Å². The summed E-state index contributed by atoms with van der Waals surface area (Å²) in [4.78, 5) is 12.6. The summed E-state index contributed by atoms with van der Waals surface area (Å²) in [7, 11) is -2.41. The monoisotopic (exact) mass is 408 g/mol. The number of methoxy groups -OCH3 is 1. The van der Waals surface area contributed by atoms with E-state index in [2.05, 4.69) is 5.32 Å².